The van der Waals surface area contributed by atoms with Gasteiger partial charge in [-0.25, -0.2) is 0 Å². The number of oxazole rings is 1. The molecule has 0 saturated carbocycles. The first-order valence-electron chi connectivity index (χ1n) is 7.38. The third kappa shape index (κ3) is 3.70. The third-order valence-electron chi connectivity index (χ3n) is 4.06. The molecular formula is C15H22IN3O3. The summed E-state index contributed by atoms with van der Waals surface area (Å²) in [6, 6.07) is 8.47. The van der Waals surface area contributed by atoms with Crippen LogP contribution in [0.5, 0.6) is 0 Å². The summed E-state index contributed by atoms with van der Waals surface area (Å²) in [7, 11) is 0. The normalized spacial score (nSPS) is 17.5. The van der Waals surface area contributed by atoms with E-state index >= 15 is 0 Å². The van der Waals surface area contributed by atoms with Crippen LogP contribution < -0.4 is 4.90 Å². The van der Waals surface area contributed by atoms with Gasteiger partial charge in [0.15, 0.2) is 5.58 Å². The lowest BCUT2D eigenvalue weighted by molar-refractivity contribution is 0.0939. The highest BCUT2D eigenvalue weighted by Gasteiger charge is 2.25. The molecule has 1 aromatic carbocycles. The Hall–Kier alpha value is -0.900. The minimum Gasteiger partial charge on any atom is -0.423 e. The molecule has 0 spiro atoms. The van der Waals surface area contributed by atoms with Crippen LogP contribution >= 0.6 is 24.0 Å². The Bertz CT molecular complexity index is 551. The lowest BCUT2D eigenvalue weighted by Crippen LogP contribution is -2.51. The van der Waals surface area contributed by atoms with Crippen molar-refractivity contribution >= 4 is 41.1 Å². The molecule has 2 N–H and O–H groups in total. The number of aromatic nitrogens is 1. The van der Waals surface area contributed by atoms with E-state index in [1.165, 1.54) is 0 Å². The summed E-state index contributed by atoms with van der Waals surface area (Å²) < 4.78 is 5.78. The summed E-state index contributed by atoms with van der Waals surface area (Å²) in [6.45, 7) is 3.50. The number of nitrogens with zero attached hydrogens (tertiary/aromatic N) is 3. The quantitative estimate of drug-likeness (QED) is 0.713. The molecule has 1 fully saturated rings. The average molecular weight is 419 g/mol. The molecule has 122 valence electrons. The van der Waals surface area contributed by atoms with Gasteiger partial charge in [-0.2, -0.15) is 4.98 Å². The van der Waals surface area contributed by atoms with Gasteiger partial charge in [-0.3, -0.25) is 4.90 Å². The molecule has 0 amide bonds. The van der Waals surface area contributed by atoms with Gasteiger partial charge in [-0.1, -0.05) is 12.1 Å². The summed E-state index contributed by atoms with van der Waals surface area (Å²) in [4.78, 5) is 8.86. The number of aliphatic hydroxyl groups is 2. The van der Waals surface area contributed by atoms with Gasteiger partial charge in [0, 0.05) is 38.8 Å². The smallest absolute Gasteiger partial charge is 0.298 e. The van der Waals surface area contributed by atoms with Gasteiger partial charge in [0.1, 0.15) is 5.52 Å². The van der Waals surface area contributed by atoms with Crippen LogP contribution in [0.1, 0.15) is 6.42 Å². The molecule has 1 aromatic heterocycles. The number of benzene rings is 1. The maximum absolute atomic E-state index is 9.39. The Morgan fingerprint density at radius 1 is 1.14 bits per heavy atom. The van der Waals surface area contributed by atoms with Gasteiger partial charge >= 0.3 is 0 Å². The second-order valence-corrected chi connectivity index (χ2v) is 5.34. The summed E-state index contributed by atoms with van der Waals surface area (Å²) >= 11 is 0. The molecule has 1 atom stereocenters. The van der Waals surface area contributed by atoms with E-state index in [0.29, 0.717) is 12.4 Å². The second kappa shape index (κ2) is 8.09. The number of piperazine rings is 1. The number of anilines is 1. The van der Waals surface area contributed by atoms with Crippen molar-refractivity contribution < 1.29 is 14.6 Å². The first kappa shape index (κ1) is 17.5. The molecule has 2 aromatic rings. The number of halogens is 1. The fourth-order valence-corrected chi connectivity index (χ4v) is 2.81. The molecule has 0 bridgehead atoms. The average Bonchev–Trinajstić information content (AvgIpc) is 2.97. The molecule has 7 heteroatoms. The highest BCUT2D eigenvalue weighted by atomic mass is 127. The molecular weight excluding hydrogens is 397 g/mol. The zero-order valence-electron chi connectivity index (χ0n) is 12.4. The molecule has 1 aliphatic heterocycles. The summed E-state index contributed by atoms with van der Waals surface area (Å²) in [5, 5.41) is 18.4. The van der Waals surface area contributed by atoms with Gasteiger partial charge < -0.3 is 19.5 Å². The lowest BCUT2D eigenvalue weighted by Gasteiger charge is -2.37. The largest absolute Gasteiger partial charge is 0.423 e. The first-order chi connectivity index (χ1) is 10.3. The predicted octanol–water partition coefficient (Wildman–Crippen LogP) is 1.31. The monoisotopic (exact) mass is 419 g/mol. The standard InChI is InChI=1S/C15H21N3O3.HI/c19-10-5-12(11-20)17-6-8-18(9-7-17)15-16-13-3-1-2-4-14(13)21-15;/h1-4,12,19-20H,5-11H2;1H. The Labute approximate surface area is 146 Å². The van der Waals surface area contributed by atoms with Crippen LogP contribution in [-0.2, 0) is 0 Å². The van der Waals surface area contributed by atoms with E-state index in [2.05, 4.69) is 14.8 Å². The van der Waals surface area contributed by atoms with E-state index in [1.54, 1.807) is 0 Å². The van der Waals surface area contributed by atoms with Crippen molar-refractivity contribution in [1.82, 2.24) is 9.88 Å². The van der Waals surface area contributed by atoms with E-state index in [0.717, 1.165) is 37.3 Å². The minimum absolute atomic E-state index is 0. The van der Waals surface area contributed by atoms with Gasteiger partial charge in [-0.15, -0.1) is 24.0 Å². The molecule has 1 aliphatic rings. The van der Waals surface area contributed by atoms with E-state index in [1.807, 2.05) is 24.3 Å². The zero-order valence-corrected chi connectivity index (χ0v) is 14.7. The molecule has 6 nitrogen and oxygen atoms in total. The van der Waals surface area contributed by atoms with Crippen LogP contribution in [0.15, 0.2) is 28.7 Å². The molecule has 1 saturated heterocycles. The molecule has 1 unspecified atom stereocenters. The number of para-hydroxylation sites is 2. The number of hydrogen-bond acceptors (Lipinski definition) is 6. The van der Waals surface area contributed by atoms with Crippen LogP contribution in [0.3, 0.4) is 0 Å². The topological polar surface area (TPSA) is 73.0 Å². The maximum atomic E-state index is 9.39. The summed E-state index contributed by atoms with van der Waals surface area (Å²) in [5.41, 5.74) is 1.69. The number of rotatable bonds is 5. The first-order valence-corrected chi connectivity index (χ1v) is 7.38. The number of hydrogen-bond donors (Lipinski definition) is 2. The van der Waals surface area contributed by atoms with Crippen molar-refractivity contribution in [3.05, 3.63) is 24.3 Å². The molecule has 2 heterocycles. The highest BCUT2D eigenvalue weighted by molar-refractivity contribution is 14.0. The molecule has 3 rings (SSSR count). The van der Waals surface area contributed by atoms with Crippen LogP contribution in [0.2, 0.25) is 0 Å². The van der Waals surface area contributed by atoms with Crippen molar-refractivity contribution in [2.75, 3.05) is 44.3 Å². The lowest BCUT2D eigenvalue weighted by atomic mass is 10.1. The fourth-order valence-electron chi connectivity index (χ4n) is 2.81. The third-order valence-corrected chi connectivity index (χ3v) is 4.06. The molecule has 0 radical (unpaired) electrons. The van der Waals surface area contributed by atoms with Gasteiger partial charge in [0.05, 0.1) is 6.61 Å². The van der Waals surface area contributed by atoms with Crippen molar-refractivity contribution in [1.29, 1.82) is 0 Å². The minimum atomic E-state index is 0. The number of fused-ring (bicyclic) bond motifs is 1. The fraction of sp³-hybridized carbons (Fsp3) is 0.533. The highest BCUT2D eigenvalue weighted by Crippen LogP contribution is 2.23. The van der Waals surface area contributed by atoms with Crippen molar-refractivity contribution in [2.45, 2.75) is 12.5 Å². The maximum Gasteiger partial charge on any atom is 0.298 e. The van der Waals surface area contributed by atoms with Crippen LogP contribution in [0.25, 0.3) is 11.1 Å². The van der Waals surface area contributed by atoms with Crippen molar-refractivity contribution in [3.8, 4) is 0 Å². The SMILES string of the molecule is I.OCCC(CO)N1CCN(c2nc3ccccc3o2)CC1. The number of aliphatic hydroxyl groups excluding tert-OH is 2. The van der Waals surface area contributed by atoms with Crippen LogP contribution in [-0.4, -0.2) is 65.5 Å². The van der Waals surface area contributed by atoms with E-state index < -0.39 is 0 Å². The van der Waals surface area contributed by atoms with E-state index in [-0.39, 0.29) is 43.2 Å². The second-order valence-electron chi connectivity index (χ2n) is 5.34. The zero-order chi connectivity index (χ0) is 14.7. The van der Waals surface area contributed by atoms with Crippen LogP contribution in [0, 0.1) is 0 Å². The Balaban J connectivity index is 0.00000176. The molecule has 22 heavy (non-hydrogen) atoms. The van der Waals surface area contributed by atoms with Crippen molar-refractivity contribution in [2.24, 2.45) is 0 Å². The Morgan fingerprint density at radius 2 is 1.86 bits per heavy atom. The van der Waals surface area contributed by atoms with Gasteiger partial charge in [0.25, 0.3) is 6.01 Å². The summed E-state index contributed by atoms with van der Waals surface area (Å²) in [6.07, 6.45) is 0.611. The molecule has 0 aliphatic carbocycles. The summed E-state index contributed by atoms with van der Waals surface area (Å²) in [5.74, 6) is 0. The van der Waals surface area contributed by atoms with Gasteiger partial charge in [0.2, 0.25) is 0 Å². The Kier molecular flexibility index (Phi) is 6.42. The van der Waals surface area contributed by atoms with Crippen LogP contribution in [0.4, 0.5) is 6.01 Å². The van der Waals surface area contributed by atoms with Crippen molar-refractivity contribution in [3.63, 3.8) is 0 Å². The predicted molar refractivity (Wildman–Crippen MR) is 95.8 cm³/mol. The van der Waals surface area contributed by atoms with Gasteiger partial charge in [-0.05, 0) is 18.6 Å². The van der Waals surface area contributed by atoms with E-state index in [4.69, 9.17) is 9.52 Å². The van der Waals surface area contributed by atoms with E-state index in [9.17, 15) is 5.11 Å². The Morgan fingerprint density at radius 3 is 2.50 bits per heavy atom.